The van der Waals surface area contributed by atoms with Crippen LogP contribution >= 0.6 is 11.6 Å². The fraction of sp³-hybridized carbons (Fsp3) is 0.583. The van der Waals surface area contributed by atoms with Crippen molar-refractivity contribution in [3.63, 3.8) is 0 Å². The number of piperazine rings is 1. The van der Waals surface area contributed by atoms with Crippen LogP contribution in [-0.4, -0.2) is 77.5 Å². The highest BCUT2D eigenvalue weighted by Gasteiger charge is 2.49. The van der Waals surface area contributed by atoms with Gasteiger partial charge in [0.25, 0.3) is 5.91 Å². The lowest BCUT2D eigenvalue weighted by Crippen LogP contribution is -2.74. The van der Waals surface area contributed by atoms with Gasteiger partial charge < -0.3 is 15.8 Å². The van der Waals surface area contributed by atoms with Gasteiger partial charge in [-0.1, -0.05) is 17.7 Å². The number of hydroxylamine groups is 1. The van der Waals surface area contributed by atoms with Gasteiger partial charge in [0.05, 0.1) is 41.3 Å². The summed E-state index contributed by atoms with van der Waals surface area (Å²) in [7, 11) is 1.75. The van der Waals surface area contributed by atoms with Crippen molar-refractivity contribution < 1.29 is 19.3 Å². The van der Waals surface area contributed by atoms with Gasteiger partial charge in [-0.15, -0.1) is 5.23 Å². The zero-order valence-corrected chi connectivity index (χ0v) is 22.1. The van der Waals surface area contributed by atoms with Crippen molar-refractivity contribution >= 4 is 28.9 Å². The Labute approximate surface area is 225 Å². The van der Waals surface area contributed by atoms with E-state index in [2.05, 4.69) is 38.4 Å². The van der Waals surface area contributed by atoms with Gasteiger partial charge in [0.15, 0.2) is 6.23 Å². The van der Waals surface area contributed by atoms with Crippen LogP contribution < -0.4 is 32.4 Å². The third-order valence-corrected chi connectivity index (χ3v) is 8.53. The average molecular weight is 548 g/mol. The molecule has 1 amide bonds. The number of anilines is 2. The number of hydrogen-bond donors (Lipinski definition) is 5. The lowest BCUT2D eigenvalue weighted by molar-refractivity contribution is -0.250. The van der Waals surface area contributed by atoms with E-state index in [9.17, 15) is 4.79 Å². The molecule has 0 saturated carbocycles. The van der Waals surface area contributed by atoms with Crippen LogP contribution in [0.15, 0.2) is 30.6 Å². The maximum Gasteiger partial charge on any atom is 0.258 e. The molecule has 14 heteroatoms. The molecule has 5 atom stereocenters. The molecule has 0 bridgehead atoms. The molecule has 4 aliphatic heterocycles. The Bertz CT molecular complexity index is 1170. The molecule has 6 N–H and O–H groups in total. The van der Waals surface area contributed by atoms with Gasteiger partial charge in [0.1, 0.15) is 11.9 Å². The van der Waals surface area contributed by atoms with Crippen molar-refractivity contribution in [3.8, 4) is 0 Å². The molecule has 4 fully saturated rings. The molecule has 0 aliphatic carbocycles. The van der Waals surface area contributed by atoms with Crippen LogP contribution in [0.1, 0.15) is 30.1 Å². The van der Waals surface area contributed by atoms with Gasteiger partial charge in [-0.3, -0.25) is 25.0 Å². The third kappa shape index (κ3) is 4.78. The minimum atomic E-state index is -0.404. The zero-order valence-electron chi connectivity index (χ0n) is 21.4. The van der Waals surface area contributed by atoms with Crippen LogP contribution in [-0.2, 0) is 21.6 Å². The molecule has 5 heterocycles. The van der Waals surface area contributed by atoms with Gasteiger partial charge in [0, 0.05) is 44.3 Å². The predicted octanol–water partition coefficient (Wildman–Crippen LogP) is 0.513. The second kappa shape index (κ2) is 10.3. The highest BCUT2D eigenvalue weighted by Crippen LogP contribution is 2.41. The Balaban J connectivity index is 1.05. The van der Waals surface area contributed by atoms with E-state index >= 15 is 0 Å². The Morgan fingerprint density at radius 2 is 2.13 bits per heavy atom. The second-order valence-corrected chi connectivity index (χ2v) is 10.9. The molecule has 0 radical (unpaired) electrons. The number of fused-ring (bicyclic) bond motifs is 1. The van der Waals surface area contributed by atoms with Gasteiger partial charge in [-0.05, 0) is 31.9 Å². The number of benzene rings is 1. The van der Waals surface area contributed by atoms with Crippen molar-refractivity contribution in [1.29, 1.82) is 0 Å². The lowest BCUT2D eigenvalue weighted by Gasteiger charge is -2.49. The number of nitrogens with one attached hydrogen (secondary N) is 4. The maximum atomic E-state index is 12.6. The van der Waals surface area contributed by atoms with Gasteiger partial charge in [-0.2, -0.15) is 15.5 Å². The lowest BCUT2D eigenvalue weighted by atomic mass is 9.73. The Kier molecular flexibility index (Phi) is 7.05. The summed E-state index contributed by atoms with van der Waals surface area (Å²) >= 11 is 6.62. The van der Waals surface area contributed by atoms with Crippen molar-refractivity contribution in [2.24, 2.45) is 18.2 Å². The third-order valence-electron chi connectivity index (χ3n) is 8.13. The normalized spacial score (nSPS) is 31.4. The summed E-state index contributed by atoms with van der Waals surface area (Å²) in [5, 5.41) is 15.4. The molecule has 1 spiro atoms. The van der Waals surface area contributed by atoms with E-state index in [-0.39, 0.29) is 40.8 Å². The van der Waals surface area contributed by atoms with E-state index in [1.54, 1.807) is 36.1 Å². The summed E-state index contributed by atoms with van der Waals surface area (Å²) in [5.41, 5.74) is 10.9. The molecule has 4 aliphatic rings. The molecule has 6 rings (SSSR count). The number of likely N-dealkylation sites (tertiary alicyclic amines) is 1. The molecule has 2 aromatic rings. The molecular weight excluding hydrogens is 514 g/mol. The Morgan fingerprint density at radius 3 is 2.84 bits per heavy atom. The van der Waals surface area contributed by atoms with Crippen LogP contribution in [0.3, 0.4) is 0 Å². The monoisotopic (exact) mass is 547 g/mol. The first-order chi connectivity index (χ1) is 18.3. The smallest absolute Gasteiger partial charge is 0.258 e. The predicted molar refractivity (Wildman–Crippen MR) is 140 cm³/mol. The molecule has 3 unspecified atom stereocenters. The summed E-state index contributed by atoms with van der Waals surface area (Å²) in [6.07, 6.45) is 4.70. The first-order valence-corrected chi connectivity index (χ1v) is 13.3. The fourth-order valence-electron chi connectivity index (χ4n) is 5.71. The quantitative estimate of drug-likeness (QED) is 0.365. The molecular formula is C24H34ClN9O4. The molecule has 1 aromatic heterocycles. The second-order valence-electron chi connectivity index (χ2n) is 10.5. The molecule has 206 valence electrons. The Morgan fingerprint density at radius 1 is 1.32 bits per heavy atom. The zero-order chi connectivity index (χ0) is 26.4. The number of rotatable bonds is 4. The van der Waals surface area contributed by atoms with Crippen molar-refractivity contribution in [3.05, 3.63) is 41.2 Å². The number of nitrogens with two attached hydrogens (primary N) is 1. The van der Waals surface area contributed by atoms with Crippen molar-refractivity contribution in [2.45, 2.75) is 50.5 Å². The molecule has 13 nitrogen and oxygen atoms in total. The standard InChI is InChI=1S/C24H34ClN9O4/c1-14-20(26)24(13-36-14)6-8-33(9-7-24)18-11-27-23-21(30-18)31-38-34(37-23)17-5-3-4-16(19(17)25)29-22(35)15-10-28-32(2)12-15/h3-5,10,12,14,18,20-21,23,27,30-31H,6-9,11,13,26H2,1-2H3,(H,29,35)/t14-,18?,20+,21?,23?/m0/s1. The summed E-state index contributed by atoms with van der Waals surface area (Å²) in [6.45, 7) is 5.40. The maximum absolute atomic E-state index is 12.6. The number of aromatic nitrogens is 2. The average Bonchev–Trinajstić information content (AvgIpc) is 3.49. The first kappa shape index (κ1) is 25.9. The molecule has 4 saturated heterocycles. The summed E-state index contributed by atoms with van der Waals surface area (Å²) in [4.78, 5) is 26.8. The highest BCUT2D eigenvalue weighted by molar-refractivity contribution is 6.36. The van der Waals surface area contributed by atoms with Crippen LogP contribution in [0.4, 0.5) is 11.4 Å². The van der Waals surface area contributed by atoms with Crippen molar-refractivity contribution in [1.82, 2.24) is 30.8 Å². The number of piperidine rings is 1. The van der Waals surface area contributed by atoms with E-state index in [1.165, 1.54) is 11.4 Å². The summed E-state index contributed by atoms with van der Waals surface area (Å²) < 4.78 is 7.42. The number of hydrogen-bond acceptors (Lipinski definition) is 11. The summed E-state index contributed by atoms with van der Waals surface area (Å²) in [6, 6.07) is 5.30. The van der Waals surface area contributed by atoms with Crippen LogP contribution in [0.2, 0.25) is 5.02 Å². The van der Waals surface area contributed by atoms with Crippen LogP contribution in [0.5, 0.6) is 0 Å². The van der Waals surface area contributed by atoms with E-state index in [4.69, 9.17) is 31.8 Å². The minimum Gasteiger partial charge on any atom is -0.376 e. The number of amides is 1. The van der Waals surface area contributed by atoms with E-state index in [0.717, 1.165) is 32.5 Å². The fourth-order valence-corrected chi connectivity index (χ4v) is 5.95. The molecule has 1 aromatic carbocycles. The van der Waals surface area contributed by atoms with Gasteiger partial charge >= 0.3 is 0 Å². The SMILES string of the molecule is C[C@@H]1OCC2(CCN(C3CNC4ON(c5cccc(NC(=O)c6cnn(C)c6)c5Cl)ONC4N3)CC2)[C@@H]1N. The van der Waals surface area contributed by atoms with E-state index < -0.39 is 6.23 Å². The van der Waals surface area contributed by atoms with Crippen LogP contribution in [0, 0.1) is 5.41 Å². The van der Waals surface area contributed by atoms with E-state index in [0.29, 0.717) is 23.5 Å². The molecule has 38 heavy (non-hydrogen) atoms. The van der Waals surface area contributed by atoms with E-state index in [1.807, 2.05) is 0 Å². The number of aryl methyl sites for hydroxylation is 1. The topological polar surface area (TPSA) is 143 Å². The van der Waals surface area contributed by atoms with Crippen LogP contribution in [0.25, 0.3) is 0 Å². The first-order valence-electron chi connectivity index (χ1n) is 12.9. The Hall–Kier alpha value is -2.33. The number of carbonyl (C=O) groups excluding carboxylic acids is 1. The number of nitrogens with zero attached hydrogens (tertiary/aromatic N) is 4. The number of carbonyl (C=O) groups is 1. The number of ether oxygens (including phenoxy) is 1. The largest absolute Gasteiger partial charge is 0.376 e. The highest BCUT2D eigenvalue weighted by atomic mass is 35.5. The van der Waals surface area contributed by atoms with Gasteiger partial charge in [0.2, 0.25) is 0 Å². The summed E-state index contributed by atoms with van der Waals surface area (Å²) in [5.74, 6) is -0.319. The number of halogens is 1. The minimum absolute atomic E-state index is 0.0849. The van der Waals surface area contributed by atoms with Gasteiger partial charge in [-0.25, -0.2) is 4.84 Å². The van der Waals surface area contributed by atoms with Crippen molar-refractivity contribution in [2.75, 3.05) is 36.8 Å².